The number of aliphatic hydroxyl groups is 1. The molecule has 0 unspecified atom stereocenters. The van der Waals surface area contributed by atoms with Crippen LogP contribution in [0.3, 0.4) is 0 Å². The van der Waals surface area contributed by atoms with Crippen LogP contribution in [0, 0.1) is 0 Å². The molecule has 1 aromatic carbocycles. The second-order valence-corrected chi connectivity index (χ2v) is 4.98. The molecule has 0 saturated heterocycles. The molecule has 0 atom stereocenters. The third-order valence-electron chi connectivity index (χ3n) is 2.99. The molecule has 86 valence electrons. The summed E-state index contributed by atoms with van der Waals surface area (Å²) in [6, 6.07) is 4.73. The van der Waals surface area contributed by atoms with E-state index in [0.717, 1.165) is 0 Å². The van der Waals surface area contributed by atoms with Gasteiger partial charge in [-0.15, -0.1) is 0 Å². The first-order chi connectivity index (χ1) is 7.44. The molecule has 3 nitrogen and oxygen atoms in total. The van der Waals surface area contributed by atoms with Crippen LogP contribution in [0.15, 0.2) is 18.2 Å². The Balaban J connectivity index is 2.45. The van der Waals surface area contributed by atoms with Crippen molar-refractivity contribution in [2.45, 2.75) is 24.4 Å². The number of rotatable bonds is 2. The van der Waals surface area contributed by atoms with Crippen molar-refractivity contribution in [3.8, 4) is 0 Å². The molecule has 1 aliphatic carbocycles. The highest BCUT2D eigenvalue weighted by atomic mass is 35.5. The molecule has 1 aliphatic rings. The molecule has 5 heteroatoms. The SMILES string of the molecule is O=C(O)C1(c2cc(Cl)cc(Cl)c2)CC(O)C1. The molecule has 16 heavy (non-hydrogen) atoms. The van der Waals surface area contributed by atoms with Crippen LogP contribution in [-0.2, 0) is 10.2 Å². The molecule has 0 aliphatic heterocycles. The minimum absolute atomic E-state index is 0.207. The highest BCUT2D eigenvalue weighted by Gasteiger charge is 2.51. The summed E-state index contributed by atoms with van der Waals surface area (Å²) in [5, 5.41) is 19.4. The van der Waals surface area contributed by atoms with Gasteiger partial charge in [-0.05, 0) is 36.6 Å². The zero-order valence-electron chi connectivity index (χ0n) is 8.28. The number of benzene rings is 1. The molecular weight excluding hydrogens is 251 g/mol. The molecule has 0 spiro atoms. The van der Waals surface area contributed by atoms with E-state index in [4.69, 9.17) is 23.2 Å². The van der Waals surface area contributed by atoms with Gasteiger partial charge < -0.3 is 10.2 Å². The topological polar surface area (TPSA) is 57.5 Å². The molecule has 2 N–H and O–H groups in total. The Morgan fingerprint density at radius 1 is 1.25 bits per heavy atom. The first-order valence-corrected chi connectivity index (χ1v) is 5.58. The average molecular weight is 261 g/mol. The fourth-order valence-corrected chi connectivity index (χ4v) is 2.63. The van der Waals surface area contributed by atoms with Gasteiger partial charge in [0.15, 0.2) is 0 Å². The van der Waals surface area contributed by atoms with Crippen molar-refractivity contribution in [2.24, 2.45) is 0 Å². The van der Waals surface area contributed by atoms with Crippen molar-refractivity contribution < 1.29 is 15.0 Å². The molecule has 0 bridgehead atoms. The van der Waals surface area contributed by atoms with Crippen molar-refractivity contribution in [1.82, 2.24) is 0 Å². The fourth-order valence-electron chi connectivity index (χ4n) is 2.11. The predicted octanol–water partition coefficient (Wildman–Crippen LogP) is 2.47. The number of aliphatic hydroxyl groups excluding tert-OH is 1. The van der Waals surface area contributed by atoms with Crippen molar-refractivity contribution in [3.63, 3.8) is 0 Å². The van der Waals surface area contributed by atoms with E-state index in [1.54, 1.807) is 18.2 Å². The van der Waals surface area contributed by atoms with E-state index in [1.807, 2.05) is 0 Å². The van der Waals surface area contributed by atoms with Gasteiger partial charge >= 0.3 is 5.97 Å². The smallest absolute Gasteiger partial charge is 0.314 e. The van der Waals surface area contributed by atoms with E-state index < -0.39 is 17.5 Å². The molecule has 1 aromatic rings. The summed E-state index contributed by atoms with van der Waals surface area (Å²) < 4.78 is 0. The fraction of sp³-hybridized carbons (Fsp3) is 0.364. The highest BCUT2D eigenvalue weighted by Crippen LogP contribution is 2.45. The second-order valence-electron chi connectivity index (χ2n) is 4.11. The Morgan fingerprint density at radius 2 is 1.75 bits per heavy atom. The minimum atomic E-state index is -1.03. The van der Waals surface area contributed by atoms with E-state index in [9.17, 15) is 15.0 Å². The van der Waals surface area contributed by atoms with Crippen LogP contribution >= 0.6 is 23.2 Å². The summed E-state index contributed by atoms with van der Waals surface area (Å²) in [6.45, 7) is 0. The van der Waals surface area contributed by atoms with Gasteiger partial charge in [0.1, 0.15) is 0 Å². The lowest BCUT2D eigenvalue weighted by atomic mass is 9.63. The van der Waals surface area contributed by atoms with E-state index in [1.165, 1.54) is 0 Å². The third kappa shape index (κ3) is 1.79. The number of hydrogen-bond donors (Lipinski definition) is 2. The first-order valence-electron chi connectivity index (χ1n) is 4.82. The highest BCUT2D eigenvalue weighted by molar-refractivity contribution is 6.34. The van der Waals surface area contributed by atoms with Gasteiger partial charge in [0.05, 0.1) is 11.5 Å². The Labute approximate surface area is 103 Å². The standard InChI is InChI=1S/C11H10Cl2O3/c12-7-1-6(2-8(13)3-7)11(10(15)16)4-9(14)5-11/h1-3,9,14H,4-5H2,(H,15,16). The Hall–Kier alpha value is -0.770. The lowest BCUT2D eigenvalue weighted by molar-refractivity contribution is -0.152. The maximum absolute atomic E-state index is 11.3. The number of carbonyl (C=O) groups is 1. The number of hydrogen-bond acceptors (Lipinski definition) is 2. The Bertz CT molecular complexity index is 419. The summed E-state index contributed by atoms with van der Waals surface area (Å²) >= 11 is 11.7. The maximum Gasteiger partial charge on any atom is 0.314 e. The number of halogens is 2. The number of aliphatic carboxylic acids is 1. The summed E-state index contributed by atoms with van der Waals surface area (Å²) in [7, 11) is 0. The first kappa shape index (κ1) is 11.7. The largest absolute Gasteiger partial charge is 0.481 e. The second kappa shape index (κ2) is 3.91. The molecule has 0 heterocycles. The van der Waals surface area contributed by atoms with Crippen LogP contribution in [-0.4, -0.2) is 22.3 Å². The van der Waals surface area contributed by atoms with Crippen LogP contribution in [0.25, 0.3) is 0 Å². The Kier molecular flexibility index (Phi) is 2.86. The quantitative estimate of drug-likeness (QED) is 0.859. The van der Waals surface area contributed by atoms with Gasteiger partial charge in [0.2, 0.25) is 0 Å². The van der Waals surface area contributed by atoms with E-state index in [2.05, 4.69) is 0 Å². The molecule has 0 aromatic heterocycles. The predicted molar refractivity (Wildman–Crippen MR) is 61.0 cm³/mol. The maximum atomic E-state index is 11.3. The van der Waals surface area contributed by atoms with Gasteiger partial charge in [0.25, 0.3) is 0 Å². The van der Waals surface area contributed by atoms with E-state index in [-0.39, 0.29) is 12.8 Å². The van der Waals surface area contributed by atoms with Crippen LogP contribution in [0.5, 0.6) is 0 Å². The molecular formula is C11H10Cl2O3. The van der Waals surface area contributed by atoms with Gasteiger partial charge in [-0.25, -0.2) is 0 Å². The zero-order chi connectivity index (χ0) is 11.9. The van der Waals surface area contributed by atoms with Crippen molar-refractivity contribution in [1.29, 1.82) is 0 Å². The van der Waals surface area contributed by atoms with Crippen molar-refractivity contribution >= 4 is 29.2 Å². The van der Waals surface area contributed by atoms with Gasteiger partial charge in [0, 0.05) is 10.0 Å². The molecule has 0 radical (unpaired) electrons. The van der Waals surface area contributed by atoms with Gasteiger partial charge in [-0.3, -0.25) is 4.79 Å². The molecule has 2 rings (SSSR count). The molecule has 1 saturated carbocycles. The molecule has 0 amide bonds. The lowest BCUT2D eigenvalue weighted by Gasteiger charge is -2.42. The van der Waals surface area contributed by atoms with Crippen LogP contribution in [0.4, 0.5) is 0 Å². The number of carboxylic acid groups (broad SMARTS) is 1. The van der Waals surface area contributed by atoms with Crippen LogP contribution in [0.2, 0.25) is 10.0 Å². The normalized spacial score (nSPS) is 28.6. The lowest BCUT2D eigenvalue weighted by Crippen LogP contribution is -2.50. The summed E-state index contributed by atoms with van der Waals surface area (Å²) in [5.74, 6) is -0.948. The number of carboxylic acids is 1. The summed E-state index contributed by atoms with van der Waals surface area (Å²) in [4.78, 5) is 11.3. The van der Waals surface area contributed by atoms with Crippen molar-refractivity contribution in [3.05, 3.63) is 33.8 Å². The monoisotopic (exact) mass is 260 g/mol. The van der Waals surface area contributed by atoms with Crippen LogP contribution in [0.1, 0.15) is 18.4 Å². The minimum Gasteiger partial charge on any atom is -0.481 e. The van der Waals surface area contributed by atoms with E-state index >= 15 is 0 Å². The molecule has 1 fully saturated rings. The summed E-state index contributed by atoms with van der Waals surface area (Å²) in [6.07, 6.45) is -0.147. The van der Waals surface area contributed by atoms with Gasteiger partial charge in [-0.2, -0.15) is 0 Å². The summed E-state index contributed by atoms with van der Waals surface area (Å²) in [5.41, 5.74) is -0.476. The van der Waals surface area contributed by atoms with Crippen LogP contribution < -0.4 is 0 Å². The third-order valence-corrected chi connectivity index (χ3v) is 3.43. The van der Waals surface area contributed by atoms with Gasteiger partial charge in [-0.1, -0.05) is 23.2 Å². The average Bonchev–Trinajstić information content (AvgIpc) is 2.10. The zero-order valence-corrected chi connectivity index (χ0v) is 9.79. The van der Waals surface area contributed by atoms with Crippen molar-refractivity contribution in [2.75, 3.05) is 0 Å². The van der Waals surface area contributed by atoms with E-state index in [0.29, 0.717) is 15.6 Å². The Morgan fingerprint density at radius 3 is 2.12 bits per heavy atom.